The molecule has 35 heavy (non-hydrogen) atoms. The van der Waals surface area contributed by atoms with Crippen LogP contribution in [0.3, 0.4) is 0 Å². The molecule has 1 spiro atoms. The zero-order chi connectivity index (χ0) is 22.8. The average molecular weight is 456 g/mol. The molecule has 9 nitrogen and oxygen atoms in total. The molecule has 0 bridgehead atoms. The molecule has 5 aromatic heterocycles. The van der Waals surface area contributed by atoms with Crippen LogP contribution in [0.2, 0.25) is 0 Å². The zero-order valence-corrected chi connectivity index (χ0v) is 18.3. The standard InChI is InChI=1S/C26H14N7O2/c1-13-12-18-17-6-3-7-20-31(17)33(32(18)28-13)24-19(35-20)9-8-16-23(24)30-22-14(4-2-5-15(22)25(16)34)21-26(30)29(33)11-10-27-21/h2-12H,1H3/q+3. The van der Waals surface area contributed by atoms with Crippen molar-refractivity contribution in [3.05, 3.63) is 82.9 Å². The highest BCUT2D eigenvalue weighted by Crippen LogP contribution is 2.49. The first-order valence-corrected chi connectivity index (χ1v) is 11.5. The minimum Gasteiger partial charge on any atom is -0.394 e. The van der Waals surface area contributed by atoms with Crippen LogP contribution in [0.1, 0.15) is 5.69 Å². The Morgan fingerprint density at radius 1 is 1.00 bits per heavy atom. The van der Waals surface area contributed by atoms with Crippen LogP contribution in [0.15, 0.2) is 71.8 Å². The lowest BCUT2D eigenvalue weighted by Crippen LogP contribution is -2.88. The SMILES string of the molecule is Cc1cc2n(n1)[N+]13c4c(ccc5c(=O)c6cccc7c8ncc[n+]1c8n(c45)c67)Oc1cccc-2[n+]13. The van der Waals surface area contributed by atoms with Gasteiger partial charge in [-0.25, -0.2) is 4.98 Å². The number of hydrogen-bond acceptors (Lipinski definition) is 4. The van der Waals surface area contributed by atoms with Gasteiger partial charge in [0.1, 0.15) is 4.68 Å². The summed E-state index contributed by atoms with van der Waals surface area (Å²) >= 11 is 0. The van der Waals surface area contributed by atoms with Crippen molar-refractivity contribution in [3.8, 4) is 23.0 Å². The van der Waals surface area contributed by atoms with Crippen LogP contribution in [-0.4, -0.2) is 19.3 Å². The first kappa shape index (κ1) is 16.7. The molecule has 0 saturated carbocycles. The predicted octanol–water partition coefficient (Wildman–Crippen LogP) is 2.77. The fourth-order valence-corrected chi connectivity index (χ4v) is 6.61. The van der Waals surface area contributed by atoms with E-state index in [-0.39, 0.29) is 10.2 Å². The normalized spacial score (nSPS) is 18.3. The van der Waals surface area contributed by atoms with Gasteiger partial charge in [0.05, 0.1) is 34.1 Å². The number of pyridine rings is 2. The lowest BCUT2D eigenvalue weighted by molar-refractivity contribution is -1.05. The quantitative estimate of drug-likeness (QED) is 0.200. The molecule has 8 heterocycles. The summed E-state index contributed by atoms with van der Waals surface area (Å²) in [5, 5.41) is 7.30. The van der Waals surface area contributed by atoms with E-state index >= 15 is 0 Å². The van der Waals surface area contributed by atoms with Gasteiger partial charge in [0.15, 0.2) is 17.2 Å². The molecular weight excluding hydrogens is 442 g/mol. The summed E-state index contributed by atoms with van der Waals surface area (Å²) in [6.45, 7) is 2.00. The molecule has 0 saturated heterocycles. The predicted molar refractivity (Wildman–Crippen MR) is 126 cm³/mol. The van der Waals surface area contributed by atoms with Crippen LogP contribution in [0.4, 0.5) is 5.69 Å². The number of benzene rings is 2. The van der Waals surface area contributed by atoms with E-state index in [4.69, 9.17) is 14.8 Å². The third-order valence-electron chi connectivity index (χ3n) is 7.76. The second kappa shape index (κ2) is 4.82. The van der Waals surface area contributed by atoms with Gasteiger partial charge in [-0.15, -0.1) is 5.10 Å². The van der Waals surface area contributed by atoms with Crippen LogP contribution >= 0.6 is 0 Å². The van der Waals surface area contributed by atoms with Gasteiger partial charge >= 0.3 is 22.9 Å². The topological polar surface area (TPSA) is 69.2 Å². The minimum absolute atomic E-state index is 0.00968. The fraction of sp³-hybridized carbons (Fsp3) is 0.0385. The van der Waals surface area contributed by atoms with Crippen molar-refractivity contribution in [1.29, 1.82) is 0 Å². The van der Waals surface area contributed by atoms with Crippen molar-refractivity contribution in [3.63, 3.8) is 0 Å². The molecule has 162 valence electrons. The smallest absolute Gasteiger partial charge is 0.394 e. The first-order chi connectivity index (χ1) is 17.2. The maximum Gasteiger partial charge on any atom is 0.438 e. The number of para-hydroxylation sites is 1. The summed E-state index contributed by atoms with van der Waals surface area (Å²) in [6.07, 6.45) is 3.82. The molecule has 2 aromatic carbocycles. The van der Waals surface area contributed by atoms with Gasteiger partial charge in [0.25, 0.3) is 0 Å². The van der Waals surface area contributed by atoms with E-state index in [0.29, 0.717) is 22.4 Å². The Morgan fingerprint density at radius 2 is 1.86 bits per heavy atom. The van der Waals surface area contributed by atoms with Gasteiger partial charge in [-0.2, -0.15) is 4.40 Å². The van der Waals surface area contributed by atoms with Crippen LogP contribution in [0.25, 0.3) is 49.7 Å². The number of nitrogens with zero attached hydrogens (tertiary/aromatic N) is 7. The number of ether oxygens (including phenoxy) is 1. The largest absolute Gasteiger partial charge is 0.438 e. The van der Waals surface area contributed by atoms with Crippen molar-refractivity contribution in [2.75, 3.05) is 0 Å². The van der Waals surface area contributed by atoms with E-state index in [1.807, 2.05) is 66.6 Å². The molecule has 0 fully saturated rings. The molecule has 3 aliphatic heterocycles. The number of quaternary nitrogens is 1. The second-order valence-electron chi connectivity index (χ2n) is 9.41. The van der Waals surface area contributed by atoms with E-state index < -0.39 is 0 Å². The Hall–Kier alpha value is -4.89. The number of hydrogen-bond donors (Lipinski definition) is 0. The van der Waals surface area contributed by atoms with Crippen LogP contribution in [0.5, 0.6) is 11.6 Å². The van der Waals surface area contributed by atoms with E-state index in [2.05, 4.69) is 25.9 Å². The number of fused-ring (bicyclic) bond motifs is 3. The van der Waals surface area contributed by atoms with Crippen molar-refractivity contribution < 1.29 is 14.1 Å². The van der Waals surface area contributed by atoms with Gasteiger partial charge < -0.3 is 4.74 Å². The monoisotopic (exact) mass is 456 g/mol. The molecule has 0 aliphatic carbocycles. The van der Waals surface area contributed by atoms with Gasteiger partial charge in [-0.1, -0.05) is 6.07 Å². The highest BCUT2D eigenvalue weighted by atomic mass is 16.5. The lowest BCUT2D eigenvalue weighted by Gasteiger charge is -2.28. The molecule has 0 N–H and O–H groups in total. The van der Waals surface area contributed by atoms with Crippen LogP contribution in [0, 0.1) is 6.92 Å². The summed E-state index contributed by atoms with van der Waals surface area (Å²) in [5.74, 6) is 1.39. The van der Waals surface area contributed by atoms with Gasteiger partial charge in [0.2, 0.25) is 27.2 Å². The molecule has 0 amide bonds. The van der Waals surface area contributed by atoms with E-state index in [9.17, 15) is 4.79 Å². The third kappa shape index (κ3) is 1.43. The number of rotatable bonds is 0. The number of aryl methyl sites for hydroxylation is 1. The lowest BCUT2D eigenvalue weighted by atomic mass is 10.1. The van der Waals surface area contributed by atoms with E-state index in [0.717, 1.165) is 50.4 Å². The Labute approximate surface area is 195 Å². The molecular formula is C26H14N7O2+3. The van der Waals surface area contributed by atoms with E-state index in [1.165, 1.54) is 0 Å². The number of aromatic nitrogens is 6. The maximum absolute atomic E-state index is 13.9. The van der Waals surface area contributed by atoms with Crippen molar-refractivity contribution in [1.82, 2.24) is 24.1 Å². The van der Waals surface area contributed by atoms with Crippen molar-refractivity contribution >= 4 is 44.0 Å². The minimum atomic E-state index is 0.00968. The molecule has 1 atom stereocenters. The summed E-state index contributed by atoms with van der Waals surface area (Å²) < 4.78 is 13.0. The maximum atomic E-state index is 13.9. The van der Waals surface area contributed by atoms with E-state index in [1.54, 1.807) is 0 Å². The second-order valence-corrected chi connectivity index (χ2v) is 9.41. The van der Waals surface area contributed by atoms with Gasteiger partial charge in [-0.3, -0.25) is 4.79 Å². The summed E-state index contributed by atoms with van der Waals surface area (Å²) in [5.41, 5.74) is 7.19. The first-order valence-electron chi connectivity index (χ1n) is 11.5. The molecule has 3 aliphatic rings. The highest BCUT2D eigenvalue weighted by Gasteiger charge is 2.70. The van der Waals surface area contributed by atoms with Gasteiger partial charge in [0, 0.05) is 15.5 Å². The molecule has 1 unspecified atom stereocenters. The van der Waals surface area contributed by atoms with Crippen LogP contribution < -0.4 is 24.3 Å². The van der Waals surface area contributed by atoms with Gasteiger partial charge in [-0.05, 0) is 43.3 Å². The Bertz CT molecular complexity index is 2250. The Kier molecular flexibility index (Phi) is 2.30. The Morgan fingerprint density at radius 3 is 2.80 bits per heavy atom. The Balaban J connectivity index is 1.64. The summed E-state index contributed by atoms with van der Waals surface area (Å²) in [4.78, 5) is 20.8. The molecule has 0 radical (unpaired) electrons. The van der Waals surface area contributed by atoms with Crippen molar-refractivity contribution in [2.24, 2.45) is 0 Å². The molecule has 9 heteroatoms. The fourth-order valence-electron chi connectivity index (χ4n) is 6.61. The average Bonchev–Trinajstić information content (AvgIpc) is 3.51. The molecule has 10 rings (SSSR count). The highest BCUT2D eigenvalue weighted by molar-refractivity contribution is 6.16. The van der Waals surface area contributed by atoms with Crippen molar-refractivity contribution in [2.45, 2.75) is 6.92 Å². The molecule has 7 aromatic rings. The summed E-state index contributed by atoms with van der Waals surface area (Å²) in [6, 6.07) is 17.8. The summed E-state index contributed by atoms with van der Waals surface area (Å²) in [7, 11) is 0. The van der Waals surface area contributed by atoms with Crippen LogP contribution in [-0.2, 0) is 0 Å². The zero-order valence-electron chi connectivity index (χ0n) is 18.3. The third-order valence-corrected chi connectivity index (χ3v) is 7.76.